The first-order valence-corrected chi connectivity index (χ1v) is 5.41. The zero-order valence-electron chi connectivity index (χ0n) is 9.67. The average Bonchev–Trinajstić information content (AvgIpc) is 2.29. The molecule has 92 valence electrons. The Morgan fingerprint density at radius 3 is 2.59 bits per heavy atom. The molecule has 7 heteroatoms. The minimum Gasteiger partial charge on any atom is -0.393 e. The summed E-state index contributed by atoms with van der Waals surface area (Å²) in [5.74, 6) is 0.709. The van der Waals surface area contributed by atoms with Crippen LogP contribution in [-0.4, -0.2) is 48.0 Å². The van der Waals surface area contributed by atoms with Crippen molar-refractivity contribution in [2.75, 3.05) is 43.9 Å². The van der Waals surface area contributed by atoms with Gasteiger partial charge in [-0.15, -0.1) is 0 Å². The normalized spacial score (nSPS) is 17.1. The third-order valence-electron chi connectivity index (χ3n) is 2.92. The topological polar surface area (TPSA) is 88.5 Å². The molecule has 1 fully saturated rings. The Balaban J connectivity index is 2.17. The van der Waals surface area contributed by atoms with Gasteiger partial charge < -0.3 is 15.5 Å². The molecule has 0 unspecified atom stereocenters. The summed E-state index contributed by atoms with van der Waals surface area (Å²) in [6.45, 7) is 3.64. The lowest BCUT2D eigenvalue weighted by molar-refractivity contribution is -0.384. The number of hydrogen-bond donors (Lipinski definition) is 1. The first-order chi connectivity index (χ1) is 8.08. The second-order valence-electron chi connectivity index (χ2n) is 4.15. The zero-order valence-corrected chi connectivity index (χ0v) is 9.67. The fraction of sp³-hybridized carbons (Fsp3) is 0.500. The third kappa shape index (κ3) is 2.44. The molecule has 0 aromatic carbocycles. The highest BCUT2D eigenvalue weighted by Gasteiger charge is 2.18. The van der Waals surface area contributed by atoms with E-state index < -0.39 is 4.92 Å². The number of nitrogen functional groups attached to an aromatic ring is 1. The molecular formula is C10H15N5O2. The van der Waals surface area contributed by atoms with Gasteiger partial charge in [-0.25, -0.2) is 4.98 Å². The molecule has 0 radical (unpaired) electrons. The van der Waals surface area contributed by atoms with E-state index >= 15 is 0 Å². The summed E-state index contributed by atoms with van der Waals surface area (Å²) in [6.07, 6.45) is 1.23. The van der Waals surface area contributed by atoms with Crippen LogP contribution in [0.1, 0.15) is 0 Å². The molecule has 2 heterocycles. The van der Waals surface area contributed by atoms with Gasteiger partial charge in [0.15, 0.2) is 0 Å². The molecule has 0 atom stereocenters. The van der Waals surface area contributed by atoms with E-state index in [1.165, 1.54) is 6.20 Å². The molecule has 17 heavy (non-hydrogen) atoms. The number of likely N-dealkylation sites (N-methyl/N-ethyl adjacent to an activating group) is 1. The second-order valence-corrected chi connectivity index (χ2v) is 4.15. The second kappa shape index (κ2) is 4.54. The number of nitrogens with two attached hydrogens (primary N) is 1. The molecule has 2 rings (SSSR count). The first-order valence-electron chi connectivity index (χ1n) is 5.41. The van der Waals surface area contributed by atoms with Gasteiger partial charge >= 0.3 is 5.69 Å². The minimum atomic E-state index is -0.518. The van der Waals surface area contributed by atoms with E-state index in [1.54, 1.807) is 6.07 Å². The molecule has 2 N–H and O–H groups in total. The summed E-state index contributed by atoms with van der Waals surface area (Å²) in [7, 11) is 2.06. The Bertz CT molecular complexity index is 429. The SMILES string of the molecule is CN1CCN(c2cc(N)c([N+](=O)[O-])cn2)CC1. The molecule has 0 spiro atoms. The highest BCUT2D eigenvalue weighted by molar-refractivity contribution is 5.62. The molecule has 1 saturated heterocycles. The van der Waals surface area contributed by atoms with Crippen LogP contribution in [0.25, 0.3) is 0 Å². The van der Waals surface area contributed by atoms with Crippen molar-refractivity contribution in [3.8, 4) is 0 Å². The van der Waals surface area contributed by atoms with Crippen LogP contribution in [0.4, 0.5) is 17.2 Å². The van der Waals surface area contributed by atoms with Crippen LogP contribution in [0.15, 0.2) is 12.3 Å². The summed E-state index contributed by atoms with van der Waals surface area (Å²) in [5.41, 5.74) is 5.67. The molecule has 0 aliphatic carbocycles. The predicted molar refractivity (Wildman–Crippen MR) is 65.0 cm³/mol. The van der Waals surface area contributed by atoms with Crippen molar-refractivity contribution in [3.05, 3.63) is 22.4 Å². The number of nitrogens with zero attached hydrogens (tertiary/aromatic N) is 4. The van der Waals surface area contributed by atoms with Gasteiger partial charge in [0, 0.05) is 32.2 Å². The van der Waals surface area contributed by atoms with Crippen molar-refractivity contribution < 1.29 is 4.92 Å². The number of hydrogen-bond acceptors (Lipinski definition) is 6. The van der Waals surface area contributed by atoms with Crippen LogP contribution in [0.3, 0.4) is 0 Å². The number of rotatable bonds is 2. The van der Waals surface area contributed by atoms with Crippen LogP contribution in [-0.2, 0) is 0 Å². The van der Waals surface area contributed by atoms with E-state index in [0.29, 0.717) is 5.82 Å². The van der Waals surface area contributed by atoms with Gasteiger partial charge in [-0.05, 0) is 7.05 Å². The Kier molecular flexibility index (Phi) is 3.10. The van der Waals surface area contributed by atoms with Crippen molar-refractivity contribution >= 4 is 17.2 Å². The van der Waals surface area contributed by atoms with Crippen molar-refractivity contribution in [1.29, 1.82) is 0 Å². The zero-order chi connectivity index (χ0) is 12.4. The molecule has 1 aliphatic heterocycles. The minimum absolute atomic E-state index is 0.136. The lowest BCUT2D eigenvalue weighted by atomic mass is 10.3. The maximum Gasteiger partial charge on any atom is 0.310 e. The highest BCUT2D eigenvalue weighted by Crippen LogP contribution is 2.24. The van der Waals surface area contributed by atoms with E-state index in [9.17, 15) is 10.1 Å². The van der Waals surface area contributed by atoms with E-state index in [-0.39, 0.29) is 11.4 Å². The highest BCUT2D eigenvalue weighted by atomic mass is 16.6. The van der Waals surface area contributed by atoms with Gasteiger partial charge in [0.05, 0.1) is 4.92 Å². The Morgan fingerprint density at radius 2 is 2.06 bits per heavy atom. The van der Waals surface area contributed by atoms with Crippen LogP contribution >= 0.6 is 0 Å². The number of anilines is 2. The molecule has 0 saturated carbocycles. The predicted octanol–water partition coefficient (Wildman–Crippen LogP) is 0.324. The summed E-state index contributed by atoms with van der Waals surface area (Å²) >= 11 is 0. The summed E-state index contributed by atoms with van der Waals surface area (Å²) in [5, 5.41) is 10.6. The molecule has 0 bridgehead atoms. The van der Waals surface area contributed by atoms with E-state index in [0.717, 1.165) is 26.2 Å². The maximum atomic E-state index is 10.6. The molecule has 1 aliphatic rings. The van der Waals surface area contributed by atoms with Gasteiger partial charge in [-0.3, -0.25) is 10.1 Å². The Morgan fingerprint density at radius 1 is 1.41 bits per heavy atom. The van der Waals surface area contributed by atoms with Crippen LogP contribution < -0.4 is 10.6 Å². The lowest BCUT2D eigenvalue weighted by Crippen LogP contribution is -2.44. The molecular weight excluding hydrogens is 222 g/mol. The van der Waals surface area contributed by atoms with Gasteiger partial charge in [0.1, 0.15) is 17.7 Å². The molecule has 7 nitrogen and oxygen atoms in total. The molecule has 0 amide bonds. The average molecular weight is 237 g/mol. The Hall–Kier alpha value is -1.89. The number of nitro groups is 1. The van der Waals surface area contributed by atoms with Gasteiger partial charge in [0.25, 0.3) is 0 Å². The summed E-state index contributed by atoms with van der Waals surface area (Å²) in [4.78, 5) is 18.5. The molecule has 1 aromatic rings. The quantitative estimate of drug-likeness (QED) is 0.588. The largest absolute Gasteiger partial charge is 0.393 e. The number of pyridine rings is 1. The first kappa shape index (κ1) is 11.6. The van der Waals surface area contributed by atoms with Gasteiger partial charge in [0.2, 0.25) is 0 Å². The van der Waals surface area contributed by atoms with Crippen LogP contribution in [0, 0.1) is 10.1 Å². The van der Waals surface area contributed by atoms with E-state index in [4.69, 9.17) is 5.73 Å². The molecule has 1 aromatic heterocycles. The van der Waals surface area contributed by atoms with Crippen molar-refractivity contribution in [2.45, 2.75) is 0 Å². The van der Waals surface area contributed by atoms with Crippen molar-refractivity contribution in [3.63, 3.8) is 0 Å². The summed E-state index contributed by atoms with van der Waals surface area (Å²) < 4.78 is 0. The fourth-order valence-electron chi connectivity index (χ4n) is 1.81. The van der Waals surface area contributed by atoms with Crippen molar-refractivity contribution in [2.24, 2.45) is 0 Å². The van der Waals surface area contributed by atoms with Gasteiger partial charge in [-0.1, -0.05) is 0 Å². The van der Waals surface area contributed by atoms with Gasteiger partial charge in [-0.2, -0.15) is 0 Å². The lowest BCUT2D eigenvalue weighted by Gasteiger charge is -2.33. The fourth-order valence-corrected chi connectivity index (χ4v) is 1.81. The van der Waals surface area contributed by atoms with Crippen molar-refractivity contribution in [1.82, 2.24) is 9.88 Å². The monoisotopic (exact) mass is 237 g/mol. The van der Waals surface area contributed by atoms with Crippen LogP contribution in [0.5, 0.6) is 0 Å². The summed E-state index contributed by atoms with van der Waals surface area (Å²) in [6, 6.07) is 1.57. The smallest absolute Gasteiger partial charge is 0.310 e. The van der Waals surface area contributed by atoms with Crippen LogP contribution in [0.2, 0.25) is 0 Å². The van der Waals surface area contributed by atoms with E-state index in [1.807, 2.05) is 0 Å². The van der Waals surface area contributed by atoms with E-state index in [2.05, 4.69) is 21.8 Å². The Labute approximate surface area is 99.0 Å². The third-order valence-corrected chi connectivity index (χ3v) is 2.92. The standard InChI is InChI=1S/C10H15N5O2/c1-13-2-4-14(5-3-13)10-6-8(11)9(7-12-10)15(16)17/h6-7H,2-5H2,1H3,(H2,11,12). The maximum absolute atomic E-state index is 10.6. The number of aromatic nitrogens is 1. The number of piperazine rings is 1.